The van der Waals surface area contributed by atoms with Crippen LogP contribution < -0.4 is 0 Å². The third-order valence-corrected chi connectivity index (χ3v) is 8.17. The number of benzene rings is 1. The number of nitrogens with zero attached hydrogens (tertiary/aromatic N) is 1. The van der Waals surface area contributed by atoms with Crippen LogP contribution in [-0.2, 0) is 12.8 Å². The van der Waals surface area contributed by atoms with Crippen LogP contribution in [0.3, 0.4) is 0 Å². The van der Waals surface area contributed by atoms with E-state index in [-0.39, 0.29) is 0 Å². The maximum absolute atomic E-state index is 4.80. The summed E-state index contributed by atoms with van der Waals surface area (Å²) in [5, 5.41) is 0. The molecule has 1 aliphatic carbocycles. The maximum atomic E-state index is 4.80. The van der Waals surface area contributed by atoms with E-state index >= 15 is 0 Å². The van der Waals surface area contributed by atoms with Gasteiger partial charge in [0, 0.05) is 11.8 Å². The summed E-state index contributed by atoms with van der Waals surface area (Å²) < 4.78 is 0. The van der Waals surface area contributed by atoms with Gasteiger partial charge in [0.25, 0.3) is 0 Å². The molecule has 2 aromatic rings. The van der Waals surface area contributed by atoms with Crippen molar-refractivity contribution >= 4 is 0 Å². The molecule has 1 fully saturated rings. The molecule has 1 heterocycles. The van der Waals surface area contributed by atoms with Crippen molar-refractivity contribution in [3.63, 3.8) is 0 Å². The van der Waals surface area contributed by atoms with Gasteiger partial charge in [0.2, 0.25) is 0 Å². The van der Waals surface area contributed by atoms with E-state index in [0.717, 1.165) is 17.5 Å². The summed E-state index contributed by atoms with van der Waals surface area (Å²) in [6.07, 6.45) is 27.2. The van der Waals surface area contributed by atoms with Gasteiger partial charge in [-0.25, -0.2) is 0 Å². The number of aryl methyl sites for hydroxylation is 2. The number of unbranched alkanes of at least 4 members (excludes halogenated alkanes) is 8. The van der Waals surface area contributed by atoms with Crippen LogP contribution in [0.25, 0.3) is 11.3 Å². The second-order valence-electron chi connectivity index (χ2n) is 11.0. The molecule has 0 spiro atoms. The molecule has 0 atom stereocenters. The van der Waals surface area contributed by atoms with E-state index in [1.165, 1.54) is 132 Å². The lowest BCUT2D eigenvalue weighted by molar-refractivity contribution is 0.248. The Hall–Kier alpha value is -1.63. The smallest absolute Gasteiger partial charge is 0.0702 e. The average molecular weight is 462 g/mol. The molecular formula is C33H51N. The first kappa shape index (κ1) is 27.0. The molecule has 1 heteroatoms. The lowest BCUT2D eigenvalue weighted by Crippen LogP contribution is -2.15. The molecule has 0 radical (unpaired) electrons. The topological polar surface area (TPSA) is 12.9 Å². The fourth-order valence-electron chi connectivity index (χ4n) is 5.73. The Morgan fingerprint density at radius 2 is 1.18 bits per heavy atom. The molecule has 0 N–H and O–H groups in total. The number of hydrogen-bond acceptors (Lipinski definition) is 1. The van der Waals surface area contributed by atoms with E-state index in [9.17, 15) is 0 Å². The monoisotopic (exact) mass is 461 g/mol. The Morgan fingerprint density at radius 3 is 1.82 bits per heavy atom. The molecule has 0 saturated heterocycles. The quantitative estimate of drug-likeness (QED) is 0.226. The van der Waals surface area contributed by atoms with Crippen molar-refractivity contribution < 1.29 is 0 Å². The minimum atomic E-state index is 0.936. The van der Waals surface area contributed by atoms with Gasteiger partial charge in [0.15, 0.2) is 0 Å². The van der Waals surface area contributed by atoms with Gasteiger partial charge in [0.1, 0.15) is 0 Å². The highest BCUT2D eigenvalue weighted by molar-refractivity contribution is 5.59. The highest BCUT2D eigenvalue weighted by atomic mass is 14.7. The summed E-state index contributed by atoms with van der Waals surface area (Å²) in [7, 11) is 0. The normalized spacial score (nSPS) is 18.3. The van der Waals surface area contributed by atoms with Gasteiger partial charge in [0.05, 0.1) is 5.69 Å². The van der Waals surface area contributed by atoms with Gasteiger partial charge in [-0.3, -0.25) is 4.98 Å². The number of aromatic nitrogens is 1. The lowest BCUT2D eigenvalue weighted by Gasteiger charge is -2.28. The predicted molar refractivity (Wildman–Crippen MR) is 149 cm³/mol. The molecule has 188 valence electrons. The van der Waals surface area contributed by atoms with Crippen molar-refractivity contribution in [2.75, 3.05) is 0 Å². The summed E-state index contributed by atoms with van der Waals surface area (Å²) in [6.45, 7) is 4.58. The summed E-state index contributed by atoms with van der Waals surface area (Å²) >= 11 is 0. The molecule has 0 amide bonds. The zero-order valence-electron chi connectivity index (χ0n) is 22.4. The van der Waals surface area contributed by atoms with Crippen LogP contribution in [0.15, 0.2) is 42.6 Å². The first-order valence-corrected chi connectivity index (χ1v) is 14.8. The Kier molecular flexibility index (Phi) is 12.8. The van der Waals surface area contributed by atoms with Crippen molar-refractivity contribution in [1.29, 1.82) is 0 Å². The van der Waals surface area contributed by atoms with Gasteiger partial charge in [-0.05, 0) is 54.7 Å². The lowest BCUT2D eigenvalue weighted by atomic mass is 9.78. The molecule has 34 heavy (non-hydrogen) atoms. The van der Waals surface area contributed by atoms with Crippen LogP contribution in [0.4, 0.5) is 0 Å². The Morgan fingerprint density at radius 1 is 0.588 bits per heavy atom. The third kappa shape index (κ3) is 9.93. The van der Waals surface area contributed by atoms with Crippen LogP contribution in [0.1, 0.15) is 128 Å². The Bertz CT molecular complexity index is 752. The molecule has 1 nitrogen and oxygen atoms in total. The highest BCUT2D eigenvalue weighted by Gasteiger charge is 2.20. The van der Waals surface area contributed by atoms with Gasteiger partial charge >= 0.3 is 0 Å². The Labute approximate surface area is 211 Å². The highest BCUT2D eigenvalue weighted by Crippen LogP contribution is 2.34. The summed E-state index contributed by atoms with van der Waals surface area (Å²) in [4.78, 5) is 4.80. The largest absolute Gasteiger partial charge is 0.256 e. The van der Waals surface area contributed by atoms with E-state index in [2.05, 4.69) is 56.4 Å². The standard InChI is InChI=1S/C33H51N/c1-3-5-7-9-10-12-14-28-15-17-30(18-16-28)19-20-31-23-26-33(34-27-31)32-24-21-29(22-25-32)13-11-8-6-4-2/h21-28,30H,3-20H2,1-2H3/t28-,30-. The molecule has 1 saturated carbocycles. The van der Waals surface area contributed by atoms with Crippen LogP contribution in [0.5, 0.6) is 0 Å². The molecule has 0 bridgehead atoms. The van der Waals surface area contributed by atoms with Crippen LogP contribution >= 0.6 is 0 Å². The van der Waals surface area contributed by atoms with E-state index in [0.29, 0.717) is 0 Å². The van der Waals surface area contributed by atoms with Crippen molar-refractivity contribution in [2.45, 2.75) is 129 Å². The van der Waals surface area contributed by atoms with Gasteiger partial charge in [-0.2, -0.15) is 0 Å². The summed E-state index contributed by atoms with van der Waals surface area (Å²) in [5.74, 6) is 1.96. The molecule has 3 rings (SSSR count). The van der Waals surface area contributed by atoms with Gasteiger partial charge in [-0.15, -0.1) is 0 Å². The van der Waals surface area contributed by atoms with E-state index in [1.807, 2.05) is 0 Å². The summed E-state index contributed by atoms with van der Waals surface area (Å²) in [5.41, 5.74) is 5.22. The van der Waals surface area contributed by atoms with Crippen molar-refractivity contribution in [2.24, 2.45) is 11.8 Å². The van der Waals surface area contributed by atoms with Crippen molar-refractivity contribution in [1.82, 2.24) is 4.98 Å². The third-order valence-electron chi connectivity index (χ3n) is 8.17. The van der Waals surface area contributed by atoms with Gasteiger partial charge < -0.3 is 0 Å². The van der Waals surface area contributed by atoms with Crippen LogP contribution in [0, 0.1) is 11.8 Å². The molecule has 0 unspecified atom stereocenters. The SMILES string of the molecule is CCCCCCCC[C@H]1CC[C@H](CCc2ccc(-c3ccc(CCCCCC)cc3)nc2)CC1. The summed E-state index contributed by atoms with van der Waals surface area (Å²) in [6, 6.07) is 13.6. The van der Waals surface area contributed by atoms with E-state index in [4.69, 9.17) is 4.98 Å². The van der Waals surface area contributed by atoms with E-state index in [1.54, 1.807) is 0 Å². The second-order valence-corrected chi connectivity index (χ2v) is 11.0. The fourth-order valence-corrected chi connectivity index (χ4v) is 5.73. The Balaban J connectivity index is 1.32. The first-order valence-electron chi connectivity index (χ1n) is 14.8. The molecule has 1 aromatic carbocycles. The van der Waals surface area contributed by atoms with Crippen molar-refractivity contribution in [3.05, 3.63) is 53.7 Å². The van der Waals surface area contributed by atoms with E-state index < -0.39 is 0 Å². The molecule has 1 aliphatic rings. The minimum Gasteiger partial charge on any atom is -0.256 e. The predicted octanol–water partition coefficient (Wildman–Crippen LogP) is 10.4. The first-order chi connectivity index (χ1) is 16.8. The zero-order chi connectivity index (χ0) is 23.8. The van der Waals surface area contributed by atoms with Gasteiger partial charge in [-0.1, -0.05) is 134 Å². The number of rotatable bonds is 16. The zero-order valence-corrected chi connectivity index (χ0v) is 22.4. The molecule has 0 aliphatic heterocycles. The van der Waals surface area contributed by atoms with Crippen LogP contribution in [0.2, 0.25) is 0 Å². The molecular weight excluding hydrogens is 410 g/mol. The fraction of sp³-hybridized carbons (Fsp3) is 0.667. The average Bonchev–Trinajstić information content (AvgIpc) is 2.89. The van der Waals surface area contributed by atoms with Crippen LogP contribution in [-0.4, -0.2) is 4.98 Å². The van der Waals surface area contributed by atoms with Crippen molar-refractivity contribution in [3.8, 4) is 11.3 Å². The number of hydrogen-bond donors (Lipinski definition) is 0. The molecule has 1 aromatic heterocycles. The number of pyridine rings is 1. The minimum absolute atomic E-state index is 0.936. The second kappa shape index (κ2) is 16.1. The maximum Gasteiger partial charge on any atom is 0.0702 e.